The Morgan fingerprint density at radius 3 is 2.50 bits per heavy atom. The van der Waals surface area contributed by atoms with E-state index in [4.69, 9.17) is 10.7 Å². The molecular weight excluding hydrogens is 492 g/mol. The smallest absolute Gasteiger partial charge is 0.224 e. The molecule has 1 aromatic carbocycles. The summed E-state index contributed by atoms with van der Waals surface area (Å²) in [7, 11) is 0. The third kappa shape index (κ3) is 5.14. The number of carbonyl (C=O) groups excluding carboxylic acids is 2. The van der Waals surface area contributed by atoms with E-state index in [-0.39, 0.29) is 11.4 Å². The van der Waals surface area contributed by atoms with Crippen molar-refractivity contribution in [3.63, 3.8) is 0 Å². The van der Waals surface area contributed by atoms with Gasteiger partial charge in [-0.3, -0.25) is 14.6 Å². The van der Waals surface area contributed by atoms with Crippen LogP contribution in [0.4, 0.5) is 5.69 Å². The van der Waals surface area contributed by atoms with E-state index in [0.717, 1.165) is 79.6 Å². The van der Waals surface area contributed by atoms with Gasteiger partial charge < -0.3 is 16.0 Å². The lowest BCUT2D eigenvalue weighted by Gasteiger charge is -2.38. The van der Waals surface area contributed by atoms with Gasteiger partial charge in [0, 0.05) is 42.1 Å². The van der Waals surface area contributed by atoms with Crippen molar-refractivity contribution in [2.24, 2.45) is 11.7 Å². The molecule has 2 saturated carbocycles. The number of pyridine rings is 1. The van der Waals surface area contributed by atoms with Gasteiger partial charge in [0.1, 0.15) is 0 Å². The van der Waals surface area contributed by atoms with Gasteiger partial charge in [-0.05, 0) is 91.3 Å². The van der Waals surface area contributed by atoms with Crippen LogP contribution in [0.5, 0.6) is 0 Å². The Balaban J connectivity index is 1.13. The predicted molar refractivity (Wildman–Crippen MR) is 153 cm³/mol. The quantitative estimate of drug-likeness (QED) is 0.375. The molecule has 198 valence electrons. The first-order valence-corrected chi connectivity index (χ1v) is 14.9. The zero-order valence-electron chi connectivity index (χ0n) is 21.8. The summed E-state index contributed by atoms with van der Waals surface area (Å²) in [5.41, 5.74) is 12.3. The Bertz CT molecular complexity index is 1290. The summed E-state index contributed by atoms with van der Waals surface area (Å²) < 4.78 is 0. The number of nitrogens with zero attached hydrogens (tertiary/aromatic N) is 2. The Morgan fingerprint density at radius 1 is 1.08 bits per heavy atom. The molecule has 3 N–H and O–H groups in total. The van der Waals surface area contributed by atoms with Crippen LogP contribution in [0.25, 0.3) is 22.4 Å². The second-order valence-electron chi connectivity index (χ2n) is 11.3. The number of hydrogen-bond donors (Lipinski definition) is 2. The van der Waals surface area contributed by atoms with Gasteiger partial charge in [0.05, 0.1) is 17.6 Å². The molecule has 1 saturated heterocycles. The Labute approximate surface area is 228 Å². The van der Waals surface area contributed by atoms with Gasteiger partial charge in [0.2, 0.25) is 11.8 Å². The summed E-state index contributed by atoms with van der Waals surface area (Å²) in [5.74, 6) is 0.711. The molecule has 0 unspecified atom stereocenters. The van der Waals surface area contributed by atoms with E-state index < -0.39 is 0 Å². The van der Waals surface area contributed by atoms with E-state index in [1.54, 1.807) is 17.5 Å². The van der Waals surface area contributed by atoms with Crippen LogP contribution >= 0.6 is 11.3 Å². The molecular formula is C31H36N4O2S. The van der Waals surface area contributed by atoms with Gasteiger partial charge in [0.15, 0.2) is 0 Å². The maximum Gasteiger partial charge on any atom is 0.224 e. The highest BCUT2D eigenvalue weighted by Crippen LogP contribution is 2.40. The summed E-state index contributed by atoms with van der Waals surface area (Å²) in [5, 5.41) is 7.29. The normalized spacial score (nSPS) is 22.8. The van der Waals surface area contributed by atoms with E-state index in [1.807, 2.05) is 6.07 Å². The van der Waals surface area contributed by atoms with Crippen LogP contribution in [-0.4, -0.2) is 34.3 Å². The molecule has 6 rings (SSSR count). The number of nitrogens with one attached hydrogen (secondary N) is 1. The summed E-state index contributed by atoms with van der Waals surface area (Å²) in [6.07, 6.45) is 11.2. The average Bonchev–Trinajstić information content (AvgIpc) is 3.60. The zero-order chi connectivity index (χ0) is 26.1. The minimum Gasteiger partial charge on any atom is -0.340 e. The third-order valence-corrected chi connectivity index (χ3v) is 9.51. The SMILES string of the molecule is NC1(c2ccc(-c3ncc(NC(=O)C[C@H]4CC[C@H](N5CCCC5=O)CC4)cc3-c3ccsc3)cc2)CCC1. The number of amides is 2. The van der Waals surface area contributed by atoms with Crippen molar-refractivity contribution in [1.29, 1.82) is 0 Å². The second kappa shape index (κ2) is 10.6. The highest BCUT2D eigenvalue weighted by Gasteiger charge is 2.34. The number of likely N-dealkylation sites (tertiary alicyclic amines) is 1. The van der Waals surface area contributed by atoms with Gasteiger partial charge >= 0.3 is 0 Å². The number of hydrogen-bond acceptors (Lipinski definition) is 5. The van der Waals surface area contributed by atoms with Gasteiger partial charge in [-0.1, -0.05) is 24.3 Å². The number of aromatic nitrogens is 1. The molecule has 3 fully saturated rings. The fourth-order valence-corrected chi connectivity index (χ4v) is 7.05. The standard InChI is InChI=1S/C31H36N4O2S/c32-31(13-2-14-31)24-8-6-22(7-9-24)30-27(23-12-16-38-20-23)18-25(19-33-30)34-28(36)17-21-4-10-26(11-5-21)35-15-1-3-29(35)37/h6-9,12,16,18-21,26H,1-5,10-11,13-15,17,32H2,(H,34,36)/t21-,26-. The molecule has 2 amide bonds. The molecule has 2 aliphatic carbocycles. The third-order valence-electron chi connectivity index (χ3n) is 8.82. The topological polar surface area (TPSA) is 88.3 Å². The van der Waals surface area contributed by atoms with Crippen LogP contribution in [0.3, 0.4) is 0 Å². The van der Waals surface area contributed by atoms with Crippen molar-refractivity contribution in [3.05, 3.63) is 58.9 Å². The molecule has 0 atom stereocenters. The number of anilines is 1. The highest BCUT2D eigenvalue weighted by molar-refractivity contribution is 7.08. The number of benzene rings is 1. The van der Waals surface area contributed by atoms with Crippen LogP contribution < -0.4 is 11.1 Å². The lowest BCUT2D eigenvalue weighted by atomic mass is 9.72. The number of carbonyl (C=O) groups is 2. The van der Waals surface area contributed by atoms with Crippen LogP contribution in [0, 0.1) is 5.92 Å². The lowest BCUT2D eigenvalue weighted by molar-refractivity contribution is -0.130. The van der Waals surface area contributed by atoms with Crippen molar-refractivity contribution in [2.75, 3.05) is 11.9 Å². The van der Waals surface area contributed by atoms with Gasteiger partial charge in [-0.25, -0.2) is 0 Å². The first-order chi connectivity index (χ1) is 18.5. The summed E-state index contributed by atoms with van der Waals surface area (Å²) in [6.45, 7) is 0.905. The van der Waals surface area contributed by atoms with E-state index in [2.05, 4.69) is 51.3 Å². The van der Waals surface area contributed by atoms with E-state index in [1.165, 1.54) is 12.0 Å². The van der Waals surface area contributed by atoms with Crippen molar-refractivity contribution in [2.45, 2.75) is 75.8 Å². The molecule has 3 aliphatic rings. The molecule has 3 heterocycles. The number of nitrogens with two attached hydrogens (primary N) is 1. The largest absolute Gasteiger partial charge is 0.340 e. The summed E-state index contributed by atoms with van der Waals surface area (Å²) >= 11 is 1.65. The van der Waals surface area contributed by atoms with Crippen molar-refractivity contribution in [1.82, 2.24) is 9.88 Å². The Hall–Kier alpha value is -3.03. The highest BCUT2D eigenvalue weighted by atomic mass is 32.1. The van der Waals surface area contributed by atoms with Gasteiger partial charge in [-0.15, -0.1) is 0 Å². The molecule has 7 heteroatoms. The van der Waals surface area contributed by atoms with Crippen LogP contribution in [0.2, 0.25) is 0 Å². The minimum absolute atomic E-state index is 0.0367. The molecule has 1 aliphatic heterocycles. The van der Waals surface area contributed by atoms with Crippen molar-refractivity contribution >= 4 is 28.8 Å². The summed E-state index contributed by atoms with van der Waals surface area (Å²) in [6, 6.07) is 13.0. The first-order valence-electron chi connectivity index (χ1n) is 14.0. The van der Waals surface area contributed by atoms with Crippen LogP contribution in [0.15, 0.2) is 53.4 Å². The molecule has 2 aromatic heterocycles. The number of thiophene rings is 1. The fraction of sp³-hybridized carbons (Fsp3) is 0.452. The van der Waals surface area contributed by atoms with E-state index in [0.29, 0.717) is 30.7 Å². The molecule has 0 spiro atoms. The van der Waals surface area contributed by atoms with Gasteiger partial charge in [0.25, 0.3) is 0 Å². The molecule has 38 heavy (non-hydrogen) atoms. The average molecular weight is 529 g/mol. The molecule has 0 radical (unpaired) electrons. The molecule has 0 bridgehead atoms. The van der Waals surface area contributed by atoms with Crippen molar-refractivity contribution in [3.8, 4) is 22.4 Å². The molecule has 3 aromatic rings. The maximum absolute atomic E-state index is 13.0. The predicted octanol–water partition coefficient (Wildman–Crippen LogP) is 6.32. The van der Waals surface area contributed by atoms with Crippen LogP contribution in [-0.2, 0) is 15.1 Å². The first kappa shape index (κ1) is 25.3. The Kier molecular flexibility index (Phi) is 7.06. The minimum atomic E-state index is -0.179. The van der Waals surface area contributed by atoms with E-state index >= 15 is 0 Å². The Morgan fingerprint density at radius 2 is 1.87 bits per heavy atom. The van der Waals surface area contributed by atoms with Crippen LogP contribution in [0.1, 0.15) is 69.8 Å². The zero-order valence-corrected chi connectivity index (χ0v) is 22.6. The molecule has 6 nitrogen and oxygen atoms in total. The summed E-state index contributed by atoms with van der Waals surface area (Å²) in [4.78, 5) is 31.9. The number of rotatable bonds is 7. The lowest BCUT2D eigenvalue weighted by Crippen LogP contribution is -2.43. The van der Waals surface area contributed by atoms with Crippen molar-refractivity contribution < 1.29 is 9.59 Å². The fourth-order valence-electron chi connectivity index (χ4n) is 6.40. The monoisotopic (exact) mass is 528 g/mol. The van der Waals surface area contributed by atoms with Gasteiger partial charge in [-0.2, -0.15) is 11.3 Å². The van der Waals surface area contributed by atoms with E-state index in [9.17, 15) is 9.59 Å². The second-order valence-corrected chi connectivity index (χ2v) is 12.1. The maximum atomic E-state index is 13.0.